The number of amides is 1. The molecule has 2 aromatic rings. The van der Waals surface area contributed by atoms with E-state index in [1.165, 1.54) is 17.7 Å². The van der Waals surface area contributed by atoms with Gasteiger partial charge < -0.3 is 10.1 Å². The van der Waals surface area contributed by atoms with Crippen LogP contribution in [-0.4, -0.2) is 16.5 Å². The molecular formula is C23H19FN2O2. The molecule has 3 aliphatic rings. The highest BCUT2D eigenvalue weighted by molar-refractivity contribution is 6.32. The third-order valence-electron chi connectivity index (χ3n) is 5.50. The molecule has 0 unspecified atom stereocenters. The van der Waals surface area contributed by atoms with Gasteiger partial charge in [0.25, 0.3) is 5.91 Å². The number of hydrogen-bond donors (Lipinski definition) is 1. The summed E-state index contributed by atoms with van der Waals surface area (Å²) >= 11 is 0. The van der Waals surface area contributed by atoms with Crippen molar-refractivity contribution in [2.45, 2.75) is 32.3 Å². The Labute approximate surface area is 162 Å². The Morgan fingerprint density at radius 2 is 2.07 bits per heavy atom. The first kappa shape index (κ1) is 16.9. The van der Waals surface area contributed by atoms with Gasteiger partial charge in [0.05, 0.1) is 11.3 Å². The van der Waals surface area contributed by atoms with Gasteiger partial charge in [0.15, 0.2) is 0 Å². The summed E-state index contributed by atoms with van der Waals surface area (Å²) in [6.07, 6.45) is 11.9. The maximum absolute atomic E-state index is 13.5. The van der Waals surface area contributed by atoms with Crippen molar-refractivity contribution in [2.75, 3.05) is 5.32 Å². The Balaban J connectivity index is 1.68. The van der Waals surface area contributed by atoms with Crippen molar-refractivity contribution >= 4 is 28.8 Å². The maximum atomic E-state index is 13.5. The number of carbonyl (C=O) groups is 1. The van der Waals surface area contributed by atoms with Crippen LogP contribution >= 0.6 is 0 Å². The minimum Gasteiger partial charge on any atom is -0.482 e. The fourth-order valence-corrected chi connectivity index (χ4v) is 4.18. The molecule has 0 spiro atoms. The standard InChI is InChI=1S/C23H19FN2O2/c1-23(2)18(17-12-25-11-13-5-3-4-6-15(13)17)10-20(28-23)21-16-8-7-14(24)9-19(16)26-22(21)27/h3,5,7-12H,4,6H2,1-2H3,(H,26,27)/b21-20+. The molecule has 0 bridgehead atoms. The molecule has 0 fully saturated rings. The van der Waals surface area contributed by atoms with E-state index in [1.807, 2.05) is 32.3 Å². The van der Waals surface area contributed by atoms with Crippen LogP contribution in [0.4, 0.5) is 10.1 Å². The fraction of sp³-hybridized carbons (Fsp3) is 0.217. The number of hydrogen-bond acceptors (Lipinski definition) is 3. The molecule has 1 N–H and O–H groups in total. The number of nitrogens with one attached hydrogen (secondary N) is 1. The first-order chi connectivity index (χ1) is 13.4. The van der Waals surface area contributed by atoms with Crippen LogP contribution < -0.4 is 5.32 Å². The number of anilines is 1. The number of rotatable bonds is 1. The van der Waals surface area contributed by atoms with Gasteiger partial charge in [-0.2, -0.15) is 0 Å². The molecular weight excluding hydrogens is 355 g/mol. The average molecular weight is 374 g/mol. The lowest BCUT2D eigenvalue weighted by Crippen LogP contribution is -2.22. The molecule has 0 saturated heterocycles. The molecule has 28 heavy (non-hydrogen) atoms. The summed E-state index contributed by atoms with van der Waals surface area (Å²) in [7, 11) is 0. The number of pyridine rings is 1. The van der Waals surface area contributed by atoms with Gasteiger partial charge in [0.2, 0.25) is 0 Å². The average Bonchev–Trinajstić information content (AvgIpc) is 3.15. The smallest absolute Gasteiger partial charge is 0.260 e. The van der Waals surface area contributed by atoms with Crippen molar-refractivity contribution < 1.29 is 13.9 Å². The van der Waals surface area contributed by atoms with E-state index in [2.05, 4.69) is 22.5 Å². The number of ether oxygens (including phenoxy) is 1. The fourth-order valence-electron chi connectivity index (χ4n) is 4.18. The number of halogens is 1. The molecule has 0 saturated carbocycles. The second-order valence-corrected chi connectivity index (χ2v) is 7.75. The number of benzene rings is 1. The predicted octanol–water partition coefficient (Wildman–Crippen LogP) is 4.74. The van der Waals surface area contributed by atoms with Crippen LogP contribution in [0.25, 0.3) is 17.2 Å². The van der Waals surface area contributed by atoms with E-state index < -0.39 is 5.60 Å². The topological polar surface area (TPSA) is 51.2 Å². The minimum absolute atomic E-state index is 0.278. The van der Waals surface area contributed by atoms with Crippen molar-refractivity contribution in [1.29, 1.82) is 0 Å². The lowest BCUT2D eigenvalue weighted by atomic mass is 9.86. The van der Waals surface area contributed by atoms with Gasteiger partial charge in [0.1, 0.15) is 17.2 Å². The van der Waals surface area contributed by atoms with E-state index in [4.69, 9.17) is 4.74 Å². The third-order valence-corrected chi connectivity index (χ3v) is 5.50. The van der Waals surface area contributed by atoms with Crippen LogP contribution in [0, 0.1) is 5.82 Å². The molecule has 5 rings (SSSR count). The van der Waals surface area contributed by atoms with E-state index in [0.29, 0.717) is 22.6 Å². The number of allylic oxidation sites excluding steroid dienone is 2. The van der Waals surface area contributed by atoms with Crippen LogP contribution in [-0.2, 0) is 16.0 Å². The van der Waals surface area contributed by atoms with E-state index in [0.717, 1.165) is 29.5 Å². The van der Waals surface area contributed by atoms with Gasteiger partial charge in [-0.1, -0.05) is 12.2 Å². The van der Waals surface area contributed by atoms with Crippen molar-refractivity contribution in [3.63, 3.8) is 0 Å². The largest absolute Gasteiger partial charge is 0.482 e. The summed E-state index contributed by atoms with van der Waals surface area (Å²) in [6, 6.07) is 4.30. The summed E-state index contributed by atoms with van der Waals surface area (Å²) in [4.78, 5) is 17.0. The van der Waals surface area contributed by atoms with Crippen molar-refractivity contribution in [3.05, 3.63) is 76.6 Å². The van der Waals surface area contributed by atoms with Gasteiger partial charge in [-0.05, 0) is 62.1 Å². The van der Waals surface area contributed by atoms with Gasteiger partial charge in [-0.25, -0.2) is 4.39 Å². The second-order valence-electron chi connectivity index (χ2n) is 7.75. The zero-order valence-electron chi connectivity index (χ0n) is 15.7. The highest BCUT2D eigenvalue weighted by Crippen LogP contribution is 2.45. The van der Waals surface area contributed by atoms with Crippen LogP contribution in [0.5, 0.6) is 0 Å². The van der Waals surface area contributed by atoms with Gasteiger partial charge in [0, 0.05) is 29.1 Å². The summed E-state index contributed by atoms with van der Waals surface area (Å²) in [5, 5.41) is 2.73. The Morgan fingerprint density at radius 3 is 2.93 bits per heavy atom. The third kappa shape index (κ3) is 2.50. The molecule has 1 aromatic carbocycles. The van der Waals surface area contributed by atoms with Gasteiger partial charge in [-0.3, -0.25) is 9.78 Å². The quantitative estimate of drug-likeness (QED) is 0.734. The number of nitrogens with zero attached hydrogens (tertiary/aromatic N) is 1. The molecule has 1 aromatic heterocycles. The van der Waals surface area contributed by atoms with Crippen LogP contribution in [0.2, 0.25) is 0 Å². The monoisotopic (exact) mass is 374 g/mol. The molecule has 140 valence electrons. The summed E-state index contributed by atoms with van der Waals surface area (Å²) in [5.41, 5.74) is 5.40. The molecule has 0 radical (unpaired) electrons. The van der Waals surface area contributed by atoms with Gasteiger partial charge >= 0.3 is 0 Å². The van der Waals surface area contributed by atoms with E-state index in [1.54, 1.807) is 6.07 Å². The highest BCUT2D eigenvalue weighted by Gasteiger charge is 2.39. The Bertz CT molecular complexity index is 1130. The SMILES string of the molecule is CC1(C)O/C(=C2/C(=O)Nc3cc(F)ccc32)C=C1c1cncc2c1CCC=C2. The molecule has 5 heteroatoms. The minimum atomic E-state index is -0.608. The lowest BCUT2D eigenvalue weighted by molar-refractivity contribution is -0.111. The highest BCUT2D eigenvalue weighted by atomic mass is 19.1. The molecule has 1 amide bonds. The zero-order valence-corrected chi connectivity index (χ0v) is 15.7. The first-order valence-electron chi connectivity index (χ1n) is 9.34. The normalized spacial score (nSPS) is 21.7. The zero-order chi connectivity index (χ0) is 19.5. The van der Waals surface area contributed by atoms with Crippen LogP contribution in [0.15, 0.2) is 48.5 Å². The van der Waals surface area contributed by atoms with E-state index in [-0.39, 0.29) is 11.7 Å². The van der Waals surface area contributed by atoms with Crippen molar-refractivity contribution in [2.24, 2.45) is 0 Å². The Hall–Kier alpha value is -3.21. The predicted molar refractivity (Wildman–Crippen MR) is 107 cm³/mol. The van der Waals surface area contributed by atoms with Gasteiger partial charge in [-0.15, -0.1) is 0 Å². The Morgan fingerprint density at radius 1 is 1.21 bits per heavy atom. The number of aromatic nitrogens is 1. The van der Waals surface area contributed by atoms with Crippen molar-refractivity contribution in [3.8, 4) is 0 Å². The van der Waals surface area contributed by atoms with Crippen molar-refractivity contribution in [1.82, 2.24) is 4.98 Å². The molecule has 4 nitrogen and oxygen atoms in total. The molecule has 0 atom stereocenters. The molecule has 3 heterocycles. The molecule has 1 aliphatic carbocycles. The Kier molecular flexibility index (Phi) is 3.56. The maximum Gasteiger partial charge on any atom is 0.260 e. The lowest BCUT2D eigenvalue weighted by Gasteiger charge is -2.25. The molecule has 2 aliphatic heterocycles. The number of fused-ring (bicyclic) bond motifs is 2. The van der Waals surface area contributed by atoms with E-state index in [9.17, 15) is 9.18 Å². The second kappa shape index (κ2) is 5.89. The van der Waals surface area contributed by atoms with Crippen LogP contribution in [0.3, 0.4) is 0 Å². The van der Waals surface area contributed by atoms with E-state index >= 15 is 0 Å². The summed E-state index contributed by atoms with van der Waals surface area (Å²) in [6.45, 7) is 3.98. The first-order valence-corrected chi connectivity index (χ1v) is 9.34. The summed E-state index contributed by atoms with van der Waals surface area (Å²) in [5.74, 6) is -0.156. The number of carbonyl (C=O) groups excluding carboxylic acids is 1. The van der Waals surface area contributed by atoms with Crippen LogP contribution in [0.1, 0.15) is 42.5 Å². The summed E-state index contributed by atoms with van der Waals surface area (Å²) < 4.78 is 19.8.